The molecule has 1 aromatic rings. The van der Waals surface area contributed by atoms with Gasteiger partial charge in [0.2, 0.25) is 0 Å². The van der Waals surface area contributed by atoms with Gasteiger partial charge in [-0.3, -0.25) is 4.79 Å². The first-order chi connectivity index (χ1) is 9.95. The average Bonchev–Trinajstić information content (AvgIpc) is 2.44. The van der Waals surface area contributed by atoms with Crippen molar-refractivity contribution in [1.29, 1.82) is 0 Å². The smallest absolute Gasteiger partial charge is 0.397 e. The highest BCUT2D eigenvalue weighted by Crippen LogP contribution is 2.16. The summed E-state index contributed by atoms with van der Waals surface area (Å²) in [4.78, 5) is 25.4. The van der Waals surface area contributed by atoms with E-state index in [2.05, 4.69) is 13.8 Å². The van der Waals surface area contributed by atoms with Gasteiger partial charge in [-0.2, -0.15) is 0 Å². The van der Waals surface area contributed by atoms with E-state index in [1.807, 2.05) is 38.1 Å². The van der Waals surface area contributed by atoms with Gasteiger partial charge in [-0.15, -0.1) is 0 Å². The Labute approximate surface area is 127 Å². The Morgan fingerprint density at radius 2 is 2.00 bits per heavy atom. The van der Waals surface area contributed by atoms with Crippen molar-refractivity contribution in [3.05, 3.63) is 29.8 Å². The number of carbonyl (C=O) groups excluding carboxylic acids is 2. The second kappa shape index (κ2) is 8.45. The first kappa shape index (κ1) is 17.2. The van der Waals surface area contributed by atoms with Crippen molar-refractivity contribution in [2.45, 2.75) is 40.5 Å². The highest BCUT2D eigenvalue weighted by atomic mass is 16.5. The van der Waals surface area contributed by atoms with E-state index < -0.39 is 11.9 Å². The first-order valence-corrected chi connectivity index (χ1v) is 7.51. The van der Waals surface area contributed by atoms with Crippen LogP contribution in [0.15, 0.2) is 24.3 Å². The lowest BCUT2D eigenvalue weighted by Gasteiger charge is -2.20. The molecule has 0 N–H and O–H groups in total. The van der Waals surface area contributed by atoms with Crippen molar-refractivity contribution in [2.24, 2.45) is 5.92 Å². The van der Waals surface area contributed by atoms with Crippen LogP contribution < -0.4 is 4.90 Å². The minimum absolute atomic E-state index is 0.300. The van der Waals surface area contributed by atoms with Crippen LogP contribution in [0.1, 0.15) is 39.2 Å². The number of ether oxygens (including phenoxy) is 1. The molecule has 21 heavy (non-hydrogen) atoms. The van der Waals surface area contributed by atoms with Crippen molar-refractivity contribution in [2.75, 3.05) is 18.1 Å². The molecule has 4 heteroatoms. The van der Waals surface area contributed by atoms with Crippen LogP contribution in [0, 0.1) is 12.8 Å². The van der Waals surface area contributed by atoms with Gasteiger partial charge in [0.05, 0.1) is 6.61 Å². The molecule has 0 unspecified atom stereocenters. The van der Waals surface area contributed by atoms with Gasteiger partial charge in [-0.25, -0.2) is 4.79 Å². The molecule has 0 saturated carbocycles. The number of nitrogens with zero attached hydrogens (tertiary/aromatic N) is 1. The molecule has 0 bridgehead atoms. The number of likely N-dealkylation sites (N-methyl/N-ethyl adjacent to an activating group) is 1. The zero-order valence-corrected chi connectivity index (χ0v) is 13.4. The van der Waals surface area contributed by atoms with Gasteiger partial charge < -0.3 is 9.64 Å². The van der Waals surface area contributed by atoms with Crippen molar-refractivity contribution in [3.63, 3.8) is 0 Å². The highest BCUT2D eigenvalue weighted by Gasteiger charge is 2.23. The van der Waals surface area contributed by atoms with Crippen molar-refractivity contribution < 1.29 is 14.3 Å². The molecule has 0 spiro atoms. The second-order valence-corrected chi connectivity index (χ2v) is 5.56. The third kappa shape index (κ3) is 5.58. The van der Waals surface area contributed by atoms with Crippen molar-refractivity contribution in [1.82, 2.24) is 0 Å². The molecule has 1 aromatic carbocycles. The highest BCUT2D eigenvalue weighted by molar-refractivity contribution is 6.38. The zero-order chi connectivity index (χ0) is 15.8. The summed E-state index contributed by atoms with van der Waals surface area (Å²) in [7, 11) is 0. The molecule has 1 amide bonds. The number of aryl methyl sites for hydroxylation is 1. The lowest BCUT2D eigenvalue weighted by molar-refractivity contribution is -0.153. The van der Waals surface area contributed by atoms with Crippen LogP contribution in [0.4, 0.5) is 5.69 Å². The fourth-order valence-corrected chi connectivity index (χ4v) is 2.07. The summed E-state index contributed by atoms with van der Waals surface area (Å²) in [5.41, 5.74) is 1.77. The van der Waals surface area contributed by atoms with Crippen molar-refractivity contribution >= 4 is 17.6 Å². The monoisotopic (exact) mass is 291 g/mol. The van der Waals surface area contributed by atoms with Crippen LogP contribution >= 0.6 is 0 Å². The van der Waals surface area contributed by atoms with Gasteiger partial charge >= 0.3 is 11.9 Å². The SMILES string of the molecule is CCN(C(=O)C(=O)OCCCC(C)C)c1cccc(C)c1. The molecule has 0 atom stereocenters. The number of carbonyl (C=O) groups is 2. The van der Waals surface area contributed by atoms with E-state index in [0.717, 1.165) is 24.1 Å². The van der Waals surface area contributed by atoms with E-state index >= 15 is 0 Å². The number of hydrogen-bond donors (Lipinski definition) is 0. The fourth-order valence-electron chi connectivity index (χ4n) is 2.07. The summed E-state index contributed by atoms with van der Waals surface area (Å²) in [6.07, 6.45) is 1.77. The number of rotatable bonds is 6. The molecule has 0 aromatic heterocycles. The molecule has 0 radical (unpaired) electrons. The quantitative estimate of drug-likeness (QED) is 0.459. The maximum atomic E-state index is 12.2. The number of amides is 1. The topological polar surface area (TPSA) is 46.6 Å². The van der Waals surface area contributed by atoms with Gasteiger partial charge in [-0.05, 0) is 50.3 Å². The van der Waals surface area contributed by atoms with Crippen LogP contribution in [0.3, 0.4) is 0 Å². The van der Waals surface area contributed by atoms with E-state index in [1.54, 1.807) is 0 Å². The van der Waals surface area contributed by atoms with E-state index in [9.17, 15) is 9.59 Å². The predicted molar refractivity (Wildman–Crippen MR) is 84.2 cm³/mol. The van der Waals surface area contributed by atoms with Crippen LogP contribution in [0.5, 0.6) is 0 Å². The molecule has 0 saturated heterocycles. The molecular formula is C17H25NO3. The maximum absolute atomic E-state index is 12.2. The van der Waals surface area contributed by atoms with Gasteiger partial charge in [0.25, 0.3) is 0 Å². The molecule has 0 aliphatic heterocycles. The van der Waals surface area contributed by atoms with Crippen LogP contribution in [0.2, 0.25) is 0 Å². The third-order valence-electron chi connectivity index (χ3n) is 3.21. The fraction of sp³-hybridized carbons (Fsp3) is 0.529. The summed E-state index contributed by atoms with van der Waals surface area (Å²) in [5, 5.41) is 0. The summed E-state index contributed by atoms with van der Waals surface area (Å²) in [6, 6.07) is 7.52. The predicted octanol–water partition coefficient (Wildman–Crippen LogP) is 3.33. The Balaban J connectivity index is 2.60. The van der Waals surface area contributed by atoms with Crippen LogP contribution in [0.25, 0.3) is 0 Å². The Morgan fingerprint density at radius 1 is 1.29 bits per heavy atom. The normalized spacial score (nSPS) is 10.5. The number of benzene rings is 1. The van der Waals surface area contributed by atoms with Crippen molar-refractivity contribution in [3.8, 4) is 0 Å². The molecule has 0 aliphatic rings. The van der Waals surface area contributed by atoms with Crippen LogP contribution in [-0.4, -0.2) is 25.0 Å². The molecule has 116 valence electrons. The molecule has 4 nitrogen and oxygen atoms in total. The minimum Gasteiger partial charge on any atom is -0.459 e. The van der Waals surface area contributed by atoms with E-state index in [-0.39, 0.29) is 0 Å². The Morgan fingerprint density at radius 3 is 2.57 bits per heavy atom. The standard InChI is InChI=1S/C17H25NO3/c1-5-18(15-10-6-9-14(4)12-15)16(19)17(20)21-11-7-8-13(2)3/h6,9-10,12-13H,5,7-8,11H2,1-4H3. The number of hydrogen-bond acceptors (Lipinski definition) is 3. The summed E-state index contributed by atoms with van der Waals surface area (Å²) in [6.45, 7) is 8.75. The maximum Gasteiger partial charge on any atom is 0.397 e. The zero-order valence-electron chi connectivity index (χ0n) is 13.4. The number of esters is 1. The van der Waals surface area contributed by atoms with Crippen LogP contribution in [-0.2, 0) is 14.3 Å². The first-order valence-electron chi connectivity index (χ1n) is 7.51. The lowest BCUT2D eigenvalue weighted by Crippen LogP contribution is -2.37. The average molecular weight is 291 g/mol. The lowest BCUT2D eigenvalue weighted by atomic mass is 10.1. The van der Waals surface area contributed by atoms with Gasteiger partial charge in [-0.1, -0.05) is 26.0 Å². The second-order valence-electron chi connectivity index (χ2n) is 5.56. The summed E-state index contributed by atoms with van der Waals surface area (Å²) < 4.78 is 5.06. The minimum atomic E-state index is -0.776. The molecule has 0 heterocycles. The van der Waals surface area contributed by atoms with Gasteiger partial charge in [0.15, 0.2) is 0 Å². The molecule has 1 rings (SSSR count). The van der Waals surface area contributed by atoms with Gasteiger partial charge in [0.1, 0.15) is 0 Å². The molecular weight excluding hydrogens is 266 g/mol. The summed E-state index contributed by atoms with van der Waals surface area (Å²) in [5.74, 6) is -0.811. The van der Waals surface area contributed by atoms with E-state index in [1.165, 1.54) is 4.90 Å². The molecule has 0 fully saturated rings. The third-order valence-corrected chi connectivity index (χ3v) is 3.21. The Kier molecular flexibility index (Phi) is 6.92. The van der Waals surface area contributed by atoms with E-state index in [0.29, 0.717) is 19.1 Å². The van der Waals surface area contributed by atoms with E-state index in [4.69, 9.17) is 4.74 Å². The van der Waals surface area contributed by atoms with Gasteiger partial charge in [0, 0.05) is 12.2 Å². The number of anilines is 1. The largest absolute Gasteiger partial charge is 0.459 e. The Hall–Kier alpha value is -1.84. The summed E-state index contributed by atoms with van der Waals surface area (Å²) >= 11 is 0. The Bertz CT molecular complexity index is 483. The molecule has 0 aliphatic carbocycles.